The van der Waals surface area contributed by atoms with Crippen LogP contribution in [-0.4, -0.2) is 14.5 Å². The van der Waals surface area contributed by atoms with Gasteiger partial charge in [-0.15, -0.1) is 0 Å². The van der Waals surface area contributed by atoms with E-state index in [-0.39, 0.29) is 0 Å². The standard InChI is InChI=1S/C8H6BrN3/c9-7-1-2-8(11-5-7)12-4-3-10-6-12/h1-6H. The maximum atomic E-state index is 4.20. The molecule has 0 aliphatic rings. The number of imidazole rings is 1. The van der Waals surface area contributed by atoms with Gasteiger partial charge in [0.15, 0.2) is 0 Å². The minimum Gasteiger partial charge on any atom is -0.291 e. The van der Waals surface area contributed by atoms with Crippen molar-refractivity contribution in [2.75, 3.05) is 0 Å². The van der Waals surface area contributed by atoms with Crippen LogP contribution in [-0.2, 0) is 0 Å². The van der Waals surface area contributed by atoms with Crippen LogP contribution in [0.2, 0.25) is 0 Å². The minimum absolute atomic E-state index is 0.871. The lowest BCUT2D eigenvalue weighted by Crippen LogP contribution is -1.92. The molecule has 4 heteroatoms. The Kier molecular flexibility index (Phi) is 1.91. The van der Waals surface area contributed by atoms with E-state index >= 15 is 0 Å². The maximum absolute atomic E-state index is 4.20. The van der Waals surface area contributed by atoms with E-state index in [1.165, 1.54) is 0 Å². The molecule has 0 radical (unpaired) electrons. The molecule has 0 aliphatic heterocycles. The normalized spacial score (nSPS) is 10.1. The summed E-state index contributed by atoms with van der Waals surface area (Å²) >= 11 is 3.32. The highest BCUT2D eigenvalue weighted by Gasteiger charge is 1.94. The zero-order valence-electron chi connectivity index (χ0n) is 6.18. The fourth-order valence-electron chi connectivity index (χ4n) is 0.915. The zero-order chi connectivity index (χ0) is 8.39. The number of nitrogens with zero attached hydrogens (tertiary/aromatic N) is 3. The molecule has 0 bridgehead atoms. The molecule has 0 saturated heterocycles. The summed E-state index contributed by atoms with van der Waals surface area (Å²) in [4.78, 5) is 8.13. The third-order valence-corrected chi connectivity index (χ3v) is 1.95. The third-order valence-electron chi connectivity index (χ3n) is 1.48. The van der Waals surface area contributed by atoms with Crippen molar-refractivity contribution in [3.05, 3.63) is 41.5 Å². The van der Waals surface area contributed by atoms with Crippen molar-refractivity contribution >= 4 is 15.9 Å². The highest BCUT2D eigenvalue weighted by molar-refractivity contribution is 9.10. The summed E-state index contributed by atoms with van der Waals surface area (Å²) in [6.45, 7) is 0. The molecule has 0 spiro atoms. The summed E-state index contributed by atoms with van der Waals surface area (Å²) in [5, 5.41) is 0. The lowest BCUT2D eigenvalue weighted by Gasteiger charge is -1.98. The molecule has 3 nitrogen and oxygen atoms in total. The van der Waals surface area contributed by atoms with Gasteiger partial charge >= 0.3 is 0 Å². The van der Waals surface area contributed by atoms with E-state index in [1.54, 1.807) is 18.7 Å². The molecule has 0 aliphatic carbocycles. The second-order valence-electron chi connectivity index (χ2n) is 2.30. The predicted octanol–water partition coefficient (Wildman–Crippen LogP) is 2.03. The van der Waals surface area contributed by atoms with Crippen LogP contribution in [0.5, 0.6) is 0 Å². The second kappa shape index (κ2) is 3.06. The first kappa shape index (κ1) is 7.49. The van der Waals surface area contributed by atoms with Crippen molar-refractivity contribution in [3.63, 3.8) is 0 Å². The average molecular weight is 224 g/mol. The first-order chi connectivity index (χ1) is 5.86. The molecule has 0 saturated carbocycles. The van der Waals surface area contributed by atoms with Crippen molar-refractivity contribution < 1.29 is 0 Å². The van der Waals surface area contributed by atoms with Crippen molar-refractivity contribution in [2.45, 2.75) is 0 Å². The van der Waals surface area contributed by atoms with E-state index in [1.807, 2.05) is 22.9 Å². The van der Waals surface area contributed by atoms with Crippen molar-refractivity contribution in [1.29, 1.82) is 0 Å². The Labute approximate surface area is 78.2 Å². The van der Waals surface area contributed by atoms with Crippen molar-refractivity contribution in [1.82, 2.24) is 14.5 Å². The van der Waals surface area contributed by atoms with E-state index in [4.69, 9.17) is 0 Å². The van der Waals surface area contributed by atoms with Crippen LogP contribution in [0.4, 0.5) is 0 Å². The molecule has 12 heavy (non-hydrogen) atoms. The van der Waals surface area contributed by atoms with Crippen molar-refractivity contribution in [3.8, 4) is 5.82 Å². The Balaban J connectivity index is 2.43. The molecular formula is C8H6BrN3. The maximum Gasteiger partial charge on any atom is 0.137 e. The molecule has 2 aromatic rings. The Morgan fingerprint density at radius 2 is 2.25 bits per heavy atom. The number of hydrogen-bond donors (Lipinski definition) is 0. The Morgan fingerprint density at radius 3 is 2.83 bits per heavy atom. The first-order valence-corrected chi connectivity index (χ1v) is 4.25. The molecule has 2 heterocycles. The molecule has 0 aromatic carbocycles. The van der Waals surface area contributed by atoms with Gasteiger partial charge < -0.3 is 0 Å². The highest BCUT2D eigenvalue weighted by Crippen LogP contribution is 2.09. The quantitative estimate of drug-likeness (QED) is 0.741. The summed E-state index contributed by atoms with van der Waals surface area (Å²) < 4.78 is 2.83. The Hall–Kier alpha value is -1.16. The molecule has 0 atom stereocenters. The molecular weight excluding hydrogens is 218 g/mol. The van der Waals surface area contributed by atoms with Gasteiger partial charge in [-0.2, -0.15) is 0 Å². The lowest BCUT2D eigenvalue weighted by molar-refractivity contribution is 0.991. The van der Waals surface area contributed by atoms with Gasteiger partial charge in [0.1, 0.15) is 12.1 Å². The lowest BCUT2D eigenvalue weighted by atomic mass is 10.5. The summed E-state index contributed by atoms with van der Waals surface area (Å²) in [5.41, 5.74) is 0. The van der Waals surface area contributed by atoms with Crippen LogP contribution >= 0.6 is 15.9 Å². The fourth-order valence-corrected chi connectivity index (χ4v) is 1.15. The number of aromatic nitrogens is 3. The SMILES string of the molecule is Brc1ccc(-n2ccnc2)nc1. The number of halogens is 1. The van der Waals surface area contributed by atoms with E-state index in [0.29, 0.717) is 0 Å². The fraction of sp³-hybridized carbons (Fsp3) is 0. The monoisotopic (exact) mass is 223 g/mol. The number of hydrogen-bond acceptors (Lipinski definition) is 2. The van der Waals surface area contributed by atoms with Gasteiger partial charge in [0, 0.05) is 23.1 Å². The van der Waals surface area contributed by atoms with Crippen molar-refractivity contribution in [2.24, 2.45) is 0 Å². The number of pyridine rings is 1. The minimum atomic E-state index is 0.871. The molecule has 0 N–H and O–H groups in total. The van der Waals surface area contributed by atoms with E-state index < -0.39 is 0 Å². The molecule has 60 valence electrons. The summed E-state index contributed by atoms with van der Waals surface area (Å²) in [6, 6.07) is 3.87. The van der Waals surface area contributed by atoms with Gasteiger partial charge in [0.05, 0.1) is 0 Å². The second-order valence-corrected chi connectivity index (χ2v) is 3.22. The van der Waals surface area contributed by atoms with Gasteiger partial charge in [0.25, 0.3) is 0 Å². The van der Waals surface area contributed by atoms with Crippen LogP contribution < -0.4 is 0 Å². The molecule has 0 fully saturated rings. The van der Waals surface area contributed by atoms with Crippen LogP contribution in [0.15, 0.2) is 41.5 Å². The summed E-state index contributed by atoms with van der Waals surface area (Å²) in [6.07, 6.45) is 7.06. The largest absolute Gasteiger partial charge is 0.291 e. The van der Waals surface area contributed by atoms with Gasteiger partial charge in [-0.25, -0.2) is 9.97 Å². The van der Waals surface area contributed by atoms with E-state index in [9.17, 15) is 0 Å². The number of rotatable bonds is 1. The Bertz CT molecular complexity index is 352. The van der Waals surface area contributed by atoms with E-state index in [0.717, 1.165) is 10.3 Å². The van der Waals surface area contributed by atoms with Gasteiger partial charge in [-0.05, 0) is 28.1 Å². The molecule has 2 rings (SSSR count). The van der Waals surface area contributed by atoms with E-state index in [2.05, 4.69) is 25.9 Å². The molecule has 0 unspecified atom stereocenters. The zero-order valence-corrected chi connectivity index (χ0v) is 7.77. The topological polar surface area (TPSA) is 30.7 Å². The van der Waals surface area contributed by atoms with Crippen LogP contribution in [0.1, 0.15) is 0 Å². The van der Waals surface area contributed by atoms with Crippen LogP contribution in [0.25, 0.3) is 5.82 Å². The van der Waals surface area contributed by atoms with Crippen LogP contribution in [0.3, 0.4) is 0 Å². The average Bonchev–Trinajstić information content (AvgIpc) is 2.58. The van der Waals surface area contributed by atoms with Gasteiger partial charge in [-0.1, -0.05) is 0 Å². The van der Waals surface area contributed by atoms with Gasteiger partial charge in [-0.3, -0.25) is 4.57 Å². The predicted molar refractivity (Wildman–Crippen MR) is 49.1 cm³/mol. The third kappa shape index (κ3) is 1.38. The highest BCUT2D eigenvalue weighted by atomic mass is 79.9. The Morgan fingerprint density at radius 1 is 1.33 bits per heavy atom. The summed E-state index contributed by atoms with van der Waals surface area (Å²) in [7, 11) is 0. The molecule has 2 aromatic heterocycles. The van der Waals surface area contributed by atoms with Gasteiger partial charge in [0.2, 0.25) is 0 Å². The first-order valence-electron chi connectivity index (χ1n) is 3.46. The molecule has 0 amide bonds. The smallest absolute Gasteiger partial charge is 0.137 e. The van der Waals surface area contributed by atoms with Crippen LogP contribution in [0, 0.1) is 0 Å². The summed E-state index contributed by atoms with van der Waals surface area (Å²) in [5.74, 6) is 0.871.